The Morgan fingerprint density at radius 3 is 2.47 bits per heavy atom. The summed E-state index contributed by atoms with van der Waals surface area (Å²) in [5.41, 5.74) is 2.34. The summed E-state index contributed by atoms with van der Waals surface area (Å²) in [6.45, 7) is 7.41. The molecule has 3 rings (SSSR count). The van der Waals surface area contributed by atoms with Gasteiger partial charge in [0.1, 0.15) is 5.75 Å². The summed E-state index contributed by atoms with van der Waals surface area (Å²) < 4.78 is 29.9. The highest BCUT2D eigenvalue weighted by molar-refractivity contribution is 7.99. The van der Waals surface area contributed by atoms with Crippen molar-refractivity contribution in [3.63, 3.8) is 0 Å². The average molecular weight is 468 g/mol. The lowest BCUT2D eigenvalue weighted by Crippen LogP contribution is -2.26. The van der Waals surface area contributed by atoms with Crippen LogP contribution in [0.3, 0.4) is 0 Å². The molecule has 0 spiro atoms. The van der Waals surface area contributed by atoms with E-state index < -0.39 is 9.84 Å². The quantitative estimate of drug-likeness (QED) is 0.533. The number of carbonyl (C=O) groups excluding carboxylic acids is 1. The van der Waals surface area contributed by atoms with Gasteiger partial charge in [0.2, 0.25) is 0 Å². The van der Waals surface area contributed by atoms with Gasteiger partial charge in [-0.3, -0.25) is 4.79 Å². The Labute approximate surface area is 187 Å². The van der Waals surface area contributed by atoms with Crippen molar-refractivity contribution in [1.29, 1.82) is 0 Å². The normalized spacial score (nSPS) is 13.6. The summed E-state index contributed by atoms with van der Waals surface area (Å²) in [5.74, 6) is 1.33. The molecule has 0 fully saturated rings. The van der Waals surface area contributed by atoms with Gasteiger partial charge in [0.05, 0.1) is 22.1 Å². The molecule has 0 aliphatic carbocycles. The number of amides is 1. The number of fused-ring (bicyclic) bond motifs is 1. The molecule has 1 aliphatic heterocycles. The second-order valence-corrected chi connectivity index (χ2v) is 11.5. The SMILES string of the molecule is CCSc1cc2c(cc1Cl)CN(C(=O)c1cc(S(C)(=O)=O)ccc1OCC(C)C)C2. The average Bonchev–Trinajstić information content (AvgIpc) is 3.08. The summed E-state index contributed by atoms with van der Waals surface area (Å²) in [6, 6.07) is 8.44. The third-order valence-corrected chi connectivity index (χ3v) is 7.22. The molecule has 0 saturated carbocycles. The van der Waals surface area contributed by atoms with Gasteiger partial charge < -0.3 is 9.64 Å². The van der Waals surface area contributed by atoms with E-state index in [9.17, 15) is 13.2 Å². The van der Waals surface area contributed by atoms with Gasteiger partial charge >= 0.3 is 0 Å². The molecule has 8 heteroatoms. The first-order valence-electron chi connectivity index (χ1n) is 9.80. The highest BCUT2D eigenvalue weighted by Crippen LogP contribution is 2.35. The van der Waals surface area contributed by atoms with Gasteiger partial charge in [-0.15, -0.1) is 11.8 Å². The molecule has 0 saturated heterocycles. The summed E-state index contributed by atoms with van der Waals surface area (Å²) in [7, 11) is -3.45. The highest BCUT2D eigenvalue weighted by Gasteiger charge is 2.28. The molecule has 1 aliphatic rings. The topological polar surface area (TPSA) is 63.7 Å². The fourth-order valence-corrected chi connectivity index (χ4v) is 5.00. The number of hydrogen-bond acceptors (Lipinski definition) is 5. The Bertz CT molecular complexity index is 1070. The van der Waals surface area contributed by atoms with E-state index in [-0.39, 0.29) is 22.3 Å². The smallest absolute Gasteiger partial charge is 0.258 e. The van der Waals surface area contributed by atoms with E-state index in [0.29, 0.717) is 30.5 Å². The minimum atomic E-state index is -3.45. The molecular formula is C22H26ClNO4S2. The minimum absolute atomic E-state index is 0.101. The fourth-order valence-electron chi connectivity index (χ4n) is 3.27. The summed E-state index contributed by atoms with van der Waals surface area (Å²) in [6.07, 6.45) is 1.13. The zero-order valence-corrected chi connectivity index (χ0v) is 20.0. The van der Waals surface area contributed by atoms with Crippen molar-refractivity contribution in [1.82, 2.24) is 4.90 Å². The van der Waals surface area contributed by atoms with Crippen LogP contribution in [-0.2, 0) is 22.9 Å². The largest absolute Gasteiger partial charge is 0.492 e. The molecule has 0 atom stereocenters. The monoisotopic (exact) mass is 467 g/mol. The lowest BCUT2D eigenvalue weighted by atomic mass is 10.1. The van der Waals surface area contributed by atoms with Crippen molar-refractivity contribution in [3.8, 4) is 5.75 Å². The lowest BCUT2D eigenvalue weighted by molar-refractivity contribution is 0.0746. The highest BCUT2D eigenvalue weighted by atomic mass is 35.5. The van der Waals surface area contributed by atoms with E-state index in [1.165, 1.54) is 12.1 Å². The van der Waals surface area contributed by atoms with E-state index >= 15 is 0 Å². The molecule has 162 valence electrons. The van der Waals surface area contributed by atoms with Gasteiger partial charge in [0.25, 0.3) is 5.91 Å². The van der Waals surface area contributed by atoms with Gasteiger partial charge in [-0.25, -0.2) is 8.42 Å². The summed E-state index contributed by atoms with van der Waals surface area (Å²) in [5, 5.41) is 0.690. The predicted molar refractivity (Wildman–Crippen MR) is 121 cm³/mol. The van der Waals surface area contributed by atoms with Gasteiger partial charge in [-0.1, -0.05) is 32.4 Å². The first-order chi connectivity index (χ1) is 14.1. The first kappa shape index (κ1) is 23.0. The molecule has 0 unspecified atom stereocenters. The molecule has 1 heterocycles. The molecule has 0 aromatic heterocycles. The third-order valence-electron chi connectivity index (χ3n) is 4.75. The third kappa shape index (κ3) is 5.13. The van der Waals surface area contributed by atoms with Crippen molar-refractivity contribution in [2.75, 3.05) is 18.6 Å². The zero-order valence-electron chi connectivity index (χ0n) is 17.6. The fraction of sp³-hybridized carbons (Fsp3) is 0.409. The first-order valence-corrected chi connectivity index (χ1v) is 13.1. The van der Waals surface area contributed by atoms with Crippen LogP contribution in [0.4, 0.5) is 0 Å². The number of sulfone groups is 1. The molecule has 2 aromatic rings. The van der Waals surface area contributed by atoms with Crippen molar-refractivity contribution in [2.45, 2.75) is 43.7 Å². The molecule has 0 bridgehead atoms. The number of halogens is 1. The maximum absolute atomic E-state index is 13.4. The number of hydrogen-bond donors (Lipinski definition) is 0. The number of thioether (sulfide) groups is 1. The zero-order chi connectivity index (χ0) is 22.1. The summed E-state index contributed by atoms with van der Waals surface area (Å²) in [4.78, 5) is 16.2. The van der Waals surface area contributed by atoms with Crippen LogP contribution in [0.15, 0.2) is 40.1 Å². The van der Waals surface area contributed by atoms with E-state index in [2.05, 4.69) is 6.92 Å². The van der Waals surface area contributed by atoms with Crippen molar-refractivity contribution >= 4 is 39.1 Å². The van der Waals surface area contributed by atoms with Crippen LogP contribution >= 0.6 is 23.4 Å². The van der Waals surface area contributed by atoms with E-state index in [1.807, 2.05) is 26.0 Å². The Morgan fingerprint density at radius 1 is 1.20 bits per heavy atom. The van der Waals surface area contributed by atoms with E-state index in [0.717, 1.165) is 28.0 Å². The Hall–Kier alpha value is -1.70. The van der Waals surface area contributed by atoms with Crippen LogP contribution < -0.4 is 4.74 Å². The second kappa shape index (κ2) is 9.20. The molecule has 5 nitrogen and oxygen atoms in total. The number of benzene rings is 2. The predicted octanol–water partition coefficient (Wildman–Crippen LogP) is 5.05. The van der Waals surface area contributed by atoms with Crippen LogP contribution in [0.25, 0.3) is 0 Å². The number of rotatable bonds is 7. The Kier molecular flexibility index (Phi) is 7.05. The number of ether oxygens (including phenoxy) is 1. The van der Waals surface area contributed by atoms with Gasteiger partial charge in [-0.05, 0) is 53.1 Å². The summed E-state index contributed by atoms with van der Waals surface area (Å²) >= 11 is 8.06. The molecule has 30 heavy (non-hydrogen) atoms. The maximum atomic E-state index is 13.4. The van der Waals surface area contributed by atoms with Crippen molar-refractivity contribution in [2.24, 2.45) is 5.92 Å². The Balaban J connectivity index is 1.93. The molecule has 0 N–H and O–H groups in total. The molecule has 1 amide bonds. The van der Waals surface area contributed by atoms with Gasteiger partial charge in [0.15, 0.2) is 9.84 Å². The molecule has 0 radical (unpaired) electrons. The van der Waals surface area contributed by atoms with E-state index in [1.54, 1.807) is 22.7 Å². The second-order valence-electron chi connectivity index (χ2n) is 7.78. The van der Waals surface area contributed by atoms with Crippen LogP contribution in [0, 0.1) is 5.92 Å². The minimum Gasteiger partial charge on any atom is -0.492 e. The van der Waals surface area contributed by atoms with Gasteiger partial charge in [0, 0.05) is 24.2 Å². The lowest BCUT2D eigenvalue weighted by Gasteiger charge is -2.19. The van der Waals surface area contributed by atoms with E-state index in [4.69, 9.17) is 16.3 Å². The van der Waals surface area contributed by atoms with Crippen molar-refractivity contribution < 1.29 is 17.9 Å². The Morgan fingerprint density at radius 2 is 1.87 bits per heavy atom. The molecule has 2 aromatic carbocycles. The molecular weight excluding hydrogens is 442 g/mol. The van der Waals surface area contributed by atoms with Gasteiger partial charge in [-0.2, -0.15) is 0 Å². The van der Waals surface area contributed by atoms with Crippen LogP contribution in [0.1, 0.15) is 42.3 Å². The standard InChI is InChI=1S/C22H26ClNO4S2/c1-5-29-21-9-16-12-24(11-15(16)8-19(21)23)22(25)18-10-17(30(4,26)27)6-7-20(18)28-13-14(2)3/h6-10,14H,5,11-13H2,1-4H3. The number of nitrogens with zero attached hydrogens (tertiary/aromatic N) is 1. The number of carbonyl (C=O) groups is 1. The van der Waals surface area contributed by atoms with Crippen LogP contribution in [-0.4, -0.2) is 37.8 Å². The van der Waals surface area contributed by atoms with Crippen LogP contribution in [0.2, 0.25) is 5.02 Å². The maximum Gasteiger partial charge on any atom is 0.258 e. The van der Waals surface area contributed by atoms with Crippen LogP contribution in [0.5, 0.6) is 5.75 Å². The van der Waals surface area contributed by atoms with Crippen molar-refractivity contribution in [3.05, 3.63) is 52.0 Å².